The van der Waals surface area contributed by atoms with Gasteiger partial charge in [-0.2, -0.15) is 0 Å². The first-order valence-electron chi connectivity index (χ1n) is 10.3. The first-order chi connectivity index (χ1) is 13.9. The Kier molecular flexibility index (Phi) is 6.74. The fraction of sp³-hybridized carbons (Fsp3) is 0.571. The fourth-order valence-electron chi connectivity index (χ4n) is 4.12. The van der Waals surface area contributed by atoms with E-state index in [4.69, 9.17) is 5.11 Å². The Morgan fingerprint density at radius 2 is 1.86 bits per heavy atom. The van der Waals surface area contributed by atoms with Crippen molar-refractivity contribution in [2.24, 2.45) is 5.92 Å². The zero-order valence-electron chi connectivity index (χ0n) is 17.0. The molecule has 1 aromatic carbocycles. The van der Waals surface area contributed by atoms with E-state index < -0.39 is 18.2 Å². The number of rotatable bonds is 6. The predicted octanol–water partition coefficient (Wildman–Crippen LogP) is 2.33. The molecule has 0 spiro atoms. The van der Waals surface area contributed by atoms with Crippen molar-refractivity contribution in [1.82, 2.24) is 15.5 Å². The molecule has 2 aliphatic rings. The highest BCUT2D eigenvalue weighted by Crippen LogP contribution is 2.25. The molecule has 0 aromatic heterocycles. The van der Waals surface area contributed by atoms with Crippen molar-refractivity contribution in [2.45, 2.75) is 57.7 Å². The SMILES string of the molecule is CC(C)C(NC(=O)O)C(=O)N1CCC[C@H]1C(=O)Nc1ccc([C@@H]2CCCN2)cc1. The minimum Gasteiger partial charge on any atom is -0.465 e. The molecule has 29 heavy (non-hydrogen) atoms. The van der Waals surface area contributed by atoms with E-state index in [0.29, 0.717) is 31.1 Å². The molecule has 158 valence electrons. The summed E-state index contributed by atoms with van der Waals surface area (Å²) in [5.74, 6) is -0.789. The number of amides is 3. The first kappa shape index (κ1) is 21.1. The molecule has 0 saturated carbocycles. The second kappa shape index (κ2) is 9.26. The zero-order chi connectivity index (χ0) is 21.0. The summed E-state index contributed by atoms with van der Waals surface area (Å²) < 4.78 is 0. The van der Waals surface area contributed by atoms with Gasteiger partial charge in [-0.1, -0.05) is 26.0 Å². The van der Waals surface area contributed by atoms with E-state index in [0.717, 1.165) is 13.0 Å². The van der Waals surface area contributed by atoms with Crippen molar-refractivity contribution in [3.8, 4) is 0 Å². The Morgan fingerprint density at radius 3 is 2.45 bits per heavy atom. The van der Waals surface area contributed by atoms with Crippen LogP contribution < -0.4 is 16.0 Å². The summed E-state index contributed by atoms with van der Waals surface area (Å²) in [6, 6.07) is 6.73. The van der Waals surface area contributed by atoms with Gasteiger partial charge in [-0.25, -0.2) is 4.79 Å². The van der Waals surface area contributed by atoms with Crippen LogP contribution in [0.4, 0.5) is 10.5 Å². The van der Waals surface area contributed by atoms with Gasteiger partial charge in [0, 0.05) is 18.3 Å². The van der Waals surface area contributed by atoms with Gasteiger partial charge in [0.25, 0.3) is 0 Å². The number of likely N-dealkylation sites (tertiary alicyclic amines) is 1. The number of carbonyl (C=O) groups is 3. The van der Waals surface area contributed by atoms with Gasteiger partial charge in [-0.05, 0) is 55.8 Å². The highest BCUT2D eigenvalue weighted by Gasteiger charge is 2.38. The molecular weight excluding hydrogens is 372 g/mol. The van der Waals surface area contributed by atoms with Gasteiger partial charge >= 0.3 is 6.09 Å². The van der Waals surface area contributed by atoms with E-state index >= 15 is 0 Å². The van der Waals surface area contributed by atoms with E-state index in [2.05, 4.69) is 16.0 Å². The van der Waals surface area contributed by atoms with Gasteiger partial charge in [0.1, 0.15) is 12.1 Å². The molecule has 2 fully saturated rings. The quantitative estimate of drug-likeness (QED) is 0.584. The lowest BCUT2D eigenvalue weighted by Gasteiger charge is -2.29. The second-order valence-electron chi connectivity index (χ2n) is 8.12. The number of carbonyl (C=O) groups excluding carboxylic acids is 2. The van der Waals surface area contributed by atoms with Gasteiger partial charge in [0.2, 0.25) is 11.8 Å². The van der Waals surface area contributed by atoms with Crippen LogP contribution in [-0.4, -0.2) is 53.1 Å². The van der Waals surface area contributed by atoms with Crippen molar-refractivity contribution >= 4 is 23.6 Å². The molecule has 1 unspecified atom stereocenters. The minimum atomic E-state index is -1.24. The minimum absolute atomic E-state index is 0.209. The highest BCUT2D eigenvalue weighted by atomic mass is 16.4. The largest absolute Gasteiger partial charge is 0.465 e. The summed E-state index contributed by atoms with van der Waals surface area (Å²) in [4.78, 5) is 38.3. The summed E-state index contributed by atoms with van der Waals surface area (Å²) >= 11 is 0. The van der Waals surface area contributed by atoms with Crippen molar-refractivity contribution in [2.75, 3.05) is 18.4 Å². The Hall–Kier alpha value is -2.61. The standard InChI is InChI=1S/C21H30N4O4/c1-13(2)18(24-21(28)29)20(27)25-12-4-6-17(25)19(26)23-15-9-7-14(8-10-15)16-5-3-11-22-16/h7-10,13,16-18,22,24H,3-6,11-12H2,1-2H3,(H,23,26)(H,28,29)/t16-,17-,18?/m0/s1. The molecule has 4 N–H and O–H groups in total. The van der Waals surface area contributed by atoms with Crippen LogP contribution >= 0.6 is 0 Å². The summed E-state index contributed by atoms with van der Waals surface area (Å²) in [6.07, 6.45) is 2.33. The number of nitrogens with zero attached hydrogens (tertiary/aromatic N) is 1. The molecule has 3 amide bonds. The molecule has 2 heterocycles. The zero-order valence-corrected chi connectivity index (χ0v) is 17.0. The van der Waals surface area contributed by atoms with Crippen molar-refractivity contribution in [3.05, 3.63) is 29.8 Å². The van der Waals surface area contributed by atoms with Crippen LogP contribution in [0.3, 0.4) is 0 Å². The number of benzene rings is 1. The van der Waals surface area contributed by atoms with E-state index in [1.165, 1.54) is 16.9 Å². The maximum absolute atomic E-state index is 12.9. The maximum Gasteiger partial charge on any atom is 0.405 e. The van der Waals surface area contributed by atoms with Crippen molar-refractivity contribution < 1.29 is 19.5 Å². The van der Waals surface area contributed by atoms with Gasteiger partial charge in [0.05, 0.1) is 0 Å². The Morgan fingerprint density at radius 1 is 1.14 bits per heavy atom. The molecule has 0 aliphatic carbocycles. The second-order valence-corrected chi connectivity index (χ2v) is 8.12. The smallest absolute Gasteiger partial charge is 0.405 e. The third-order valence-electron chi connectivity index (χ3n) is 5.69. The molecule has 8 nitrogen and oxygen atoms in total. The lowest BCUT2D eigenvalue weighted by atomic mass is 10.0. The third kappa shape index (κ3) is 5.06. The van der Waals surface area contributed by atoms with Crippen LogP contribution in [0.5, 0.6) is 0 Å². The van der Waals surface area contributed by atoms with Crippen molar-refractivity contribution in [3.63, 3.8) is 0 Å². The molecule has 0 radical (unpaired) electrons. The predicted molar refractivity (Wildman–Crippen MR) is 110 cm³/mol. The van der Waals surface area contributed by atoms with E-state index in [-0.39, 0.29) is 17.7 Å². The van der Waals surface area contributed by atoms with Crippen LogP contribution in [0.1, 0.15) is 51.1 Å². The third-order valence-corrected chi connectivity index (χ3v) is 5.69. The molecule has 1 aromatic rings. The average molecular weight is 402 g/mol. The summed E-state index contributed by atoms with van der Waals surface area (Å²) in [5.41, 5.74) is 1.90. The first-order valence-corrected chi connectivity index (χ1v) is 10.3. The topological polar surface area (TPSA) is 111 Å². The molecule has 8 heteroatoms. The van der Waals surface area contributed by atoms with E-state index in [1.807, 2.05) is 24.3 Å². The van der Waals surface area contributed by atoms with Crippen LogP contribution in [0.25, 0.3) is 0 Å². The van der Waals surface area contributed by atoms with E-state index in [1.54, 1.807) is 13.8 Å². The van der Waals surface area contributed by atoms with Gasteiger partial charge < -0.3 is 26.0 Å². The molecule has 3 atom stereocenters. The lowest BCUT2D eigenvalue weighted by Crippen LogP contribution is -2.54. The normalized spacial score (nSPS) is 22.5. The number of anilines is 1. The van der Waals surface area contributed by atoms with Crippen LogP contribution in [0.15, 0.2) is 24.3 Å². The molecule has 2 aliphatic heterocycles. The van der Waals surface area contributed by atoms with Crippen LogP contribution in [0, 0.1) is 5.92 Å². The number of hydrogen-bond donors (Lipinski definition) is 4. The van der Waals surface area contributed by atoms with Gasteiger partial charge in [-0.15, -0.1) is 0 Å². The monoisotopic (exact) mass is 402 g/mol. The average Bonchev–Trinajstić information content (AvgIpc) is 3.37. The highest BCUT2D eigenvalue weighted by molar-refractivity contribution is 5.98. The lowest BCUT2D eigenvalue weighted by molar-refractivity contribution is -0.139. The van der Waals surface area contributed by atoms with E-state index in [9.17, 15) is 14.4 Å². The summed E-state index contributed by atoms with van der Waals surface area (Å²) in [6.45, 7) is 5.05. The number of hydrogen-bond acceptors (Lipinski definition) is 4. The summed E-state index contributed by atoms with van der Waals surface area (Å²) in [5, 5.41) is 17.7. The molecule has 0 bridgehead atoms. The van der Waals surface area contributed by atoms with Gasteiger partial charge in [0.15, 0.2) is 0 Å². The summed E-state index contributed by atoms with van der Waals surface area (Å²) in [7, 11) is 0. The van der Waals surface area contributed by atoms with Gasteiger partial charge in [-0.3, -0.25) is 9.59 Å². The van der Waals surface area contributed by atoms with Crippen LogP contribution in [-0.2, 0) is 9.59 Å². The Labute approximate surface area is 171 Å². The number of nitrogens with one attached hydrogen (secondary N) is 3. The molecule has 3 rings (SSSR count). The van der Waals surface area contributed by atoms with Crippen LogP contribution in [0.2, 0.25) is 0 Å². The van der Waals surface area contributed by atoms with Crippen molar-refractivity contribution in [1.29, 1.82) is 0 Å². The molecule has 2 saturated heterocycles. The molecular formula is C21H30N4O4. The maximum atomic E-state index is 12.9. The Bertz CT molecular complexity index is 744. The fourth-order valence-corrected chi connectivity index (χ4v) is 4.12. The Balaban J connectivity index is 1.64. The number of carboxylic acid groups (broad SMARTS) is 1.